The quantitative estimate of drug-likeness (QED) is 0.399. The molecule has 24 heavy (non-hydrogen) atoms. The molecule has 0 radical (unpaired) electrons. The lowest BCUT2D eigenvalue weighted by Crippen LogP contribution is -2.09. The van der Waals surface area contributed by atoms with E-state index in [4.69, 9.17) is 9.47 Å². The molecule has 0 heterocycles. The molecule has 3 rings (SSSR count). The van der Waals surface area contributed by atoms with Crippen LogP contribution in [0.15, 0.2) is 48.5 Å². The van der Waals surface area contributed by atoms with Gasteiger partial charge in [-0.1, -0.05) is 62.4 Å². The molecule has 0 N–H and O–H groups in total. The third-order valence-electron chi connectivity index (χ3n) is 3.84. The van der Waals surface area contributed by atoms with E-state index in [2.05, 4.69) is 0 Å². The Kier molecular flexibility index (Phi) is 4.47. The number of carbonyl (C=O) groups is 2. The van der Waals surface area contributed by atoms with E-state index in [1.54, 1.807) is 13.8 Å². The van der Waals surface area contributed by atoms with E-state index in [0.717, 1.165) is 21.5 Å². The van der Waals surface area contributed by atoms with Gasteiger partial charge >= 0.3 is 11.9 Å². The van der Waals surface area contributed by atoms with E-state index in [-0.39, 0.29) is 24.8 Å². The van der Waals surface area contributed by atoms with Gasteiger partial charge in [0.2, 0.25) is 0 Å². The van der Waals surface area contributed by atoms with Gasteiger partial charge in [-0.25, -0.2) is 0 Å². The zero-order chi connectivity index (χ0) is 17.1. The van der Waals surface area contributed by atoms with Crippen LogP contribution in [0.4, 0.5) is 0 Å². The Balaban J connectivity index is 2.36. The van der Waals surface area contributed by atoms with Crippen LogP contribution in [0, 0.1) is 0 Å². The Morgan fingerprint density at radius 1 is 0.667 bits per heavy atom. The fraction of sp³-hybridized carbons (Fsp3) is 0.200. The predicted molar refractivity (Wildman–Crippen MR) is 93.3 cm³/mol. The van der Waals surface area contributed by atoms with Gasteiger partial charge in [0.25, 0.3) is 0 Å². The highest BCUT2D eigenvalue weighted by atomic mass is 16.5. The van der Waals surface area contributed by atoms with Gasteiger partial charge in [-0.15, -0.1) is 0 Å². The van der Waals surface area contributed by atoms with Gasteiger partial charge in [0, 0.05) is 34.4 Å². The summed E-state index contributed by atoms with van der Waals surface area (Å²) in [6.07, 6.45) is 0.574. The number of fused-ring (bicyclic) bond motifs is 2. The molecule has 4 nitrogen and oxygen atoms in total. The summed E-state index contributed by atoms with van der Waals surface area (Å²) in [6.45, 7) is 3.51. The summed E-state index contributed by atoms with van der Waals surface area (Å²) in [5.41, 5.74) is 0. The number of carbonyl (C=O) groups excluding carboxylic acids is 2. The Labute approximate surface area is 140 Å². The van der Waals surface area contributed by atoms with Crippen LogP contribution in [0.3, 0.4) is 0 Å². The smallest absolute Gasteiger partial charge is 0.310 e. The van der Waals surface area contributed by atoms with E-state index in [1.807, 2.05) is 48.5 Å². The van der Waals surface area contributed by atoms with E-state index < -0.39 is 0 Å². The topological polar surface area (TPSA) is 52.6 Å². The van der Waals surface area contributed by atoms with Gasteiger partial charge in [-0.2, -0.15) is 0 Å². The zero-order valence-electron chi connectivity index (χ0n) is 13.7. The SMILES string of the molecule is CCC(=O)Oc1c2ccccc2c(OC(=O)CC)c2ccccc12. The second-order valence-electron chi connectivity index (χ2n) is 5.40. The molecule has 0 unspecified atom stereocenters. The Morgan fingerprint density at radius 2 is 0.958 bits per heavy atom. The molecule has 0 spiro atoms. The summed E-state index contributed by atoms with van der Waals surface area (Å²) in [7, 11) is 0. The largest absolute Gasteiger partial charge is 0.425 e. The number of hydrogen-bond donors (Lipinski definition) is 0. The van der Waals surface area contributed by atoms with Crippen molar-refractivity contribution in [3.63, 3.8) is 0 Å². The molecule has 4 heteroatoms. The van der Waals surface area contributed by atoms with Crippen LogP contribution in [0.2, 0.25) is 0 Å². The van der Waals surface area contributed by atoms with Gasteiger partial charge in [-0.05, 0) is 0 Å². The van der Waals surface area contributed by atoms with Crippen molar-refractivity contribution in [2.45, 2.75) is 26.7 Å². The number of esters is 2. The summed E-state index contributed by atoms with van der Waals surface area (Å²) in [6, 6.07) is 14.9. The average Bonchev–Trinajstić information content (AvgIpc) is 2.63. The van der Waals surface area contributed by atoms with Crippen LogP contribution in [0.1, 0.15) is 26.7 Å². The fourth-order valence-corrected chi connectivity index (χ4v) is 2.64. The fourth-order valence-electron chi connectivity index (χ4n) is 2.64. The van der Waals surface area contributed by atoms with Crippen LogP contribution in [0.25, 0.3) is 21.5 Å². The minimum Gasteiger partial charge on any atom is -0.425 e. The van der Waals surface area contributed by atoms with E-state index in [0.29, 0.717) is 11.5 Å². The standard InChI is InChI=1S/C20H18O4/c1-3-17(21)23-19-13-9-5-7-11-15(13)20(24-18(22)4-2)16-12-8-6-10-14(16)19/h5-12H,3-4H2,1-2H3. The van der Waals surface area contributed by atoms with Crippen LogP contribution in [0.5, 0.6) is 11.5 Å². The van der Waals surface area contributed by atoms with E-state index in [1.165, 1.54) is 0 Å². The second kappa shape index (κ2) is 6.71. The molecule has 122 valence electrons. The lowest BCUT2D eigenvalue weighted by atomic mass is 10.0. The van der Waals surface area contributed by atoms with E-state index >= 15 is 0 Å². The molecular weight excluding hydrogens is 304 g/mol. The highest BCUT2D eigenvalue weighted by Gasteiger charge is 2.18. The normalized spacial score (nSPS) is 10.8. The summed E-state index contributed by atoms with van der Waals surface area (Å²) >= 11 is 0. The maximum Gasteiger partial charge on any atom is 0.310 e. The van der Waals surface area contributed by atoms with Crippen molar-refractivity contribution in [3.8, 4) is 11.5 Å². The lowest BCUT2D eigenvalue weighted by Gasteiger charge is -2.15. The summed E-state index contributed by atoms with van der Waals surface area (Å²) in [5, 5.41) is 2.99. The van der Waals surface area contributed by atoms with Crippen molar-refractivity contribution < 1.29 is 19.1 Å². The van der Waals surface area contributed by atoms with Crippen LogP contribution >= 0.6 is 0 Å². The van der Waals surface area contributed by atoms with Crippen molar-refractivity contribution >= 4 is 33.5 Å². The molecule has 0 aliphatic heterocycles. The molecule has 0 atom stereocenters. The highest BCUT2D eigenvalue weighted by Crippen LogP contribution is 2.42. The van der Waals surface area contributed by atoms with Crippen molar-refractivity contribution in [3.05, 3.63) is 48.5 Å². The molecule has 0 fully saturated rings. The van der Waals surface area contributed by atoms with Gasteiger partial charge < -0.3 is 9.47 Å². The molecule has 3 aromatic carbocycles. The summed E-state index contributed by atoms with van der Waals surface area (Å²) < 4.78 is 11.2. The van der Waals surface area contributed by atoms with Gasteiger partial charge in [-0.3, -0.25) is 9.59 Å². The molecule has 3 aromatic rings. The predicted octanol–water partition coefficient (Wildman–Crippen LogP) is 4.62. The van der Waals surface area contributed by atoms with Crippen molar-refractivity contribution in [2.75, 3.05) is 0 Å². The maximum absolute atomic E-state index is 11.9. The van der Waals surface area contributed by atoms with Crippen LogP contribution in [-0.4, -0.2) is 11.9 Å². The molecular formula is C20H18O4. The average molecular weight is 322 g/mol. The first-order chi connectivity index (χ1) is 11.7. The second-order valence-corrected chi connectivity index (χ2v) is 5.40. The summed E-state index contributed by atoms with van der Waals surface area (Å²) in [4.78, 5) is 23.7. The van der Waals surface area contributed by atoms with Gasteiger partial charge in [0.15, 0.2) is 0 Å². The van der Waals surface area contributed by atoms with Crippen molar-refractivity contribution in [2.24, 2.45) is 0 Å². The number of ether oxygens (including phenoxy) is 2. The lowest BCUT2D eigenvalue weighted by molar-refractivity contribution is -0.134. The minimum absolute atomic E-state index is 0.287. The third-order valence-corrected chi connectivity index (χ3v) is 3.84. The Morgan fingerprint density at radius 3 is 1.21 bits per heavy atom. The molecule has 0 amide bonds. The number of benzene rings is 3. The Hall–Kier alpha value is -2.88. The zero-order valence-corrected chi connectivity index (χ0v) is 13.7. The first kappa shape index (κ1) is 16.0. The van der Waals surface area contributed by atoms with Gasteiger partial charge in [0.05, 0.1) is 0 Å². The molecule has 0 aliphatic carbocycles. The molecule has 0 aromatic heterocycles. The first-order valence-electron chi connectivity index (χ1n) is 8.00. The highest BCUT2D eigenvalue weighted by molar-refractivity contribution is 6.12. The monoisotopic (exact) mass is 322 g/mol. The molecule has 0 saturated carbocycles. The third kappa shape index (κ3) is 2.83. The minimum atomic E-state index is -0.302. The van der Waals surface area contributed by atoms with E-state index in [9.17, 15) is 9.59 Å². The maximum atomic E-state index is 11.9. The van der Waals surface area contributed by atoms with Crippen molar-refractivity contribution in [1.29, 1.82) is 0 Å². The Bertz CT molecular complexity index is 794. The molecule has 0 aliphatic rings. The number of hydrogen-bond acceptors (Lipinski definition) is 4. The van der Waals surface area contributed by atoms with Gasteiger partial charge in [0.1, 0.15) is 11.5 Å². The molecule has 0 bridgehead atoms. The number of rotatable bonds is 4. The first-order valence-corrected chi connectivity index (χ1v) is 8.00. The van der Waals surface area contributed by atoms with Crippen LogP contribution < -0.4 is 9.47 Å². The summed E-state index contributed by atoms with van der Waals surface area (Å²) in [5.74, 6) is 0.404. The molecule has 0 saturated heterocycles. The van der Waals surface area contributed by atoms with Crippen LogP contribution in [-0.2, 0) is 9.59 Å². The van der Waals surface area contributed by atoms with Crippen molar-refractivity contribution in [1.82, 2.24) is 0 Å².